The lowest BCUT2D eigenvalue weighted by atomic mass is 9.89. The Morgan fingerprint density at radius 3 is 2.10 bits per heavy atom. The van der Waals surface area contributed by atoms with Gasteiger partial charge in [0.15, 0.2) is 0 Å². The van der Waals surface area contributed by atoms with Crippen molar-refractivity contribution in [1.82, 2.24) is 9.97 Å². The van der Waals surface area contributed by atoms with E-state index in [0.717, 1.165) is 17.9 Å². The van der Waals surface area contributed by atoms with E-state index in [1.54, 1.807) is 0 Å². The predicted octanol–water partition coefficient (Wildman–Crippen LogP) is 6.95. The lowest BCUT2D eigenvalue weighted by Gasteiger charge is -2.15. The zero-order valence-corrected chi connectivity index (χ0v) is 17.5. The SMILES string of the molecule is Cc1ccc2cc3ccc(C)cc3c(-c3ccc4c(c3)-c3cnc(C)nc3C4)c2c1. The highest BCUT2D eigenvalue weighted by Crippen LogP contribution is 2.42. The lowest BCUT2D eigenvalue weighted by molar-refractivity contribution is 0.994. The van der Waals surface area contributed by atoms with Crippen molar-refractivity contribution in [3.05, 3.63) is 95.1 Å². The van der Waals surface area contributed by atoms with Crippen LogP contribution in [0.2, 0.25) is 0 Å². The molecule has 2 heteroatoms. The van der Waals surface area contributed by atoms with E-state index in [-0.39, 0.29) is 0 Å². The second-order valence-electron chi connectivity index (χ2n) is 8.53. The van der Waals surface area contributed by atoms with Gasteiger partial charge in [-0.2, -0.15) is 0 Å². The first-order valence-corrected chi connectivity index (χ1v) is 10.5. The van der Waals surface area contributed by atoms with Crippen LogP contribution in [0.5, 0.6) is 0 Å². The van der Waals surface area contributed by atoms with Gasteiger partial charge in [-0.25, -0.2) is 9.97 Å². The van der Waals surface area contributed by atoms with Crippen molar-refractivity contribution >= 4 is 21.5 Å². The molecule has 0 saturated heterocycles. The molecule has 5 aromatic rings. The molecule has 6 rings (SSSR count). The fraction of sp³-hybridized carbons (Fsp3) is 0.143. The summed E-state index contributed by atoms with van der Waals surface area (Å²) in [6.45, 7) is 6.30. The summed E-state index contributed by atoms with van der Waals surface area (Å²) in [7, 11) is 0. The first-order chi connectivity index (χ1) is 14.6. The minimum atomic E-state index is 0.841. The maximum absolute atomic E-state index is 4.68. The zero-order chi connectivity index (χ0) is 20.4. The number of aryl methyl sites for hydroxylation is 3. The fourth-order valence-corrected chi connectivity index (χ4v) is 4.84. The Bertz CT molecular complexity index is 1430. The zero-order valence-electron chi connectivity index (χ0n) is 17.5. The van der Waals surface area contributed by atoms with Crippen LogP contribution in [0.4, 0.5) is 0 Å². The first kappa shape index (κ1) is 17.3. The molecule has 0 spiro atoms. The van der Waals surface area contributed by atoms with Gasteiger partial charge in [-0.1, -0.05) is 59.7 Å². The smallest absolute Gasteiger partial charge is 0.125 e. The van der Waals surface area contributed by atoms with Crippen LogP contribution in [0.15, 0.2) is 66.9 Å². The molecule has 2 nitrogen and oxygen atoms in total. The third-order valence-electron chi connectivity index (χ3n) is 6.30. The van der Waals surface area contributed by atoms with Gasteiger partial charge in [0.1, 0.15) is 5.82 Å². The number of fused-ring (bicyclic) bond motifs is 5. The number of rotatable bonds is 1. The molecule has 0 bridgehead atoms. The molecule has 0 atom stereocenters. The molecule has 1 aliphatic rings. The van der Waals surface area contributed by atoms with Crippen molar-refractivity contribution in [3.8, 4) is 22.3 Å². The van der Waals surface area contributed by atoms with E-state index >= 15 is 0 Å². The summed E-state index contributed by atoms with van der Waals surface area (Å²) in [4.78, 5) is 9.15. The summed E-state index contributed by atoms with van der Waals surface area (Å²) in [5.74, 6) is 0.841. The molecule has 4 aromatic carbocycles. The van der Waals surface area contributed by atoms with Gasteiger partial charge in [-0.15, -0.1) is 0 Å². The second kappa shape index (κ2) is 6.24. The minimum absolute atomic E-state index is 0.841. The van der Waals surface area contributed by atoms with Crippen molar-refractivity contribution in [2.75, 3.05) is 0 Å². The van der Waals surface area contributed by atoms with E-state index in [4.69, 9.17) is 0 Å². The van der Waals surface area contributed by atoms with Crippen LogP contribution in [0, 0.1) is 20.8 Å². The van der Waals surface area contributed by atoms with Gasteiger partial charge in [0.25, 0.3) is 0 Å². The van der Waals surface area contributed by atoms with Crippen LogP contribution in [0.1, 0.15) is 28.2 Å². The number of benzene rings is 4. The summed E-state index contributed by atoms with van der Waals surface area (Å²) in [5, 5.41) is 5.19. The van der Waals surface area contributed by atoms with E-state index in [0.29, 0.717) is 0 Å². The van der Waals surface area contributed by atoms with Crippen LogP contribution in [0.25, 0.3) is 43.8 Å². The van der Waals surface area contributed by atoms with Gasteiger partial charge < -0.3 is 0 Å². The average molecular weight is 386 g/mol. The van der Waals surface area contributed by atoms with Crippen molar-refractivity contribution in [3.63, 3.8) is 0 Å². The number of nitrogens with zero attached hydrogens (tertiary/aromatic N) is 2. The Morgan fingerprint density at radius 1 is 0.700 bits per heavy atom. The summed E-state index contributed by atoms with van der Waals surface area (Å²) in [6.07, 6.45) is 2.88. The quantitative estimate of drug-likeness (QED) is 0.286. The molecule has 1 aliphatic carbocycles. The highest BCUT2D eigenvalue weighted by atomic mass is 14.9. The maximum atomic E-state index is 4.68. The van der Waals surface area contributed by atoms with Crippen molar-refractivity contribution in [2.45, 2.75) is 27.2 Å². The third-order valence-corrected chi connectivity index (χ3v) is 6.30. The predicted molar refractivity (Wildman–Crippen MR) is 125 cm³/mol. The van der Waals surface area contributed by atoms with E-state index in [9.17, 15) is 0 Å². The Morgan fingerprint density at radius 2 is 1.40 bits per heavy atom. The van der Waals surface area contributed by atoms with E-state index < -0.39 is 0 Å². The number of aromatic nitrogens is 2. The van der Waals surface area contributed by atoms with Crippen molar-refractivity contribution in [2.24, 2.45) is 0 Å². The molecule has 1 heterocycles. The fourth-order valence-electron chi connectivity index (χ4n) is 4.84. The second-order valence-corrected chi connectivity index (χ2v) is 8.53. The summed E-state index contributed by atoms with van der Waals surface area (Å²) in [5.41, 5.74) is 10.1. The molecule has 0 fully saturated rings. The van der Waals surface area contributed by atoms with Gasteiger partial charge in [-0.3, -0.25) is 0 Å². The van der Waals surface area contributed by atoms with Crippen LogP contribution >= 0.6 is 0 Å². The summed E-state index contributed by atoms with van der Waals surface area (Å²) in [6, 6.07) is 22.7. The molecule has 144 valence electrons. The molecule has 0 N–H and O–H groups in total. The van der Waals surface area contributed by atoms with Gasteiger partial charge in [-0.05, 0) is 76.7 Å². The normalized spacial score (nSPS) is 12.4. The van der Waals surface area contributed by atoms with Gasteiger partial charge in [0, 0.05) is 18.2 Å². The molecule has 0 saturated carbocycles. The first-order valence-electron chi connectivity index (χ1n) is 10.5. The molecule has 0 amide bonds. The summed E-state index contributed by atoms with van der Waals surface area (Å²) < 4.78 is 0. The molecule has 0 aliphatic heterocycles. The molecule has 30 heavy (non-hydrogen) atoms. The maximum Gasteiger partial charge on any atom is 0.125 e. The van der Waals surface area contributed by atoms with Crippen LogP contribution < -0.4 is 0 Å². The topological polar surface area (TPSA) is 25.8 Å². The van der Waals surface area contributed by atoms with Crippen molar-refractivity contribution in [1.29, 1.82) is 0 Å². The standard InChI is InChI=1S/C28H22N2/c1-16-4-6-19-12-20-7-5-17(2)11-25(20)28(24(19)10-16)22-9-8-21-14-27-26(23(21)13-22)15-29-18(3)30-27/h4-13,15H,14H2,1-3H3. The molecular weight excluding hydrogens is 364 g/mol. The number of hydrogen-bond acceptors (Lipinski definition) is 2. The van der Waals surface area contributed by atoms with Gasteiger partial charge in [0.2, 0.25) is 0 Å². The highest BCUT2D eigenvalue weighted by molar-refractivity contribution is 6.13. The monoisotopic (exact) mass is 386 g/mol. The van der Waals surface area contributed by atoms with Crippen LogP contribution in [0.3, 0.4) is 0 Å². The Kier molecular flexibility index (Phi) is 3.61. The summed E-state index contributed by atoms with van der Waals surface area (Å²) >= 11 is 0. The van der Waals surface area contributed by atoms with Gasteiger partial charge >= 0.3 is 0 Å². The Balaban J connectivity index is 1.69. The largest absolute Gasteiger partial charge is 0.241 e. The van der Waals surface area contributed by atoms with E-state index in [2.05, 4.69) is 84.5 Å². The van der Waals surface area contributed by atoms with Gasteiger partial charge in [0.05, 0.1) is 5.69 Å². The molecule has 0 unspecified atom stereocenters. The Hall–Kier alpha value is -3.52. The van der Waals surface area contributed by atoms with Crippen LogP contribution in [-0.4, -0.2) is 9.97 Å². The minimum Gasteiger partial charge on any atom is -0.241 e. The third kappa shape index (κ3) is 2.57. The molecular formula is C28H22N2. The highest BCUT2D eigenvalue weighted by Gasteiger charge is 2.22. The van der Waals surface area contributed by atoms with Crippen LogP contribution in [-0.2, 0) is 6.42 Å². The molecule has 0 radical (unpaired) electrons. The van der Waals surface area contributed by atoms with E-state index in [1.807, 2.05) is 13.1 Å². The molecule has 1 aromatic heterocycles. The van der Waals surface area contributed by atoms with Crippen molar-refractivity contribution < 1.29 is 0 Å². The average Bonchev–Trinajstić information content (AvgIpc) is 3.09. The lowest BCUT2D eigenvalue weighted by Crippen LogP contribution is -1.92. The number of hydrogen-bond donors (Lipinski definition) is 0. The van der Waals surface area contributed by atoms with E-state index in [1.165, 1.54) is 60.5 Å². The Labute approximate surface area is 176 Å².